The molecule has 0 amide bonds. The molecule has 0 aliphatic rings. The number of carboxylic acid groups (broad SMARTS) is 2. The molecule has 0 bridgehead atoms. The van der Waals surface area contributed by atoms with Crippen molar-refractivity contribution in [2.45, 2.75) is 51.0 Å². The van der Waals surface area contributed by atoms with E-state index >= 15 is 0 Å². The number of likely N-dealkylation sites (N-methyl/N-ethyl adjacent to an activating group) is 1. The van der Waals surface area contributed by atoms with Gasteiger partial charge in [0.2, 0.25) is 0 Å². The van der Waals surface area contributed by atoms with E-state index in [1.807, 2.05) is 27.2 Å². The van der Waals surface area contributed by atoms with Crippen LogP contribution >= 0.6 is 0 Å². The van der Waals surface area contributed by atoms with Gasteiger partial charge in [-0.25, -0.2) is 4.79 Å². The summed E-state index contributed by atoms with van der Waals surface area (Å²) in [5.74, 6) is -2.56. The number of rotatable bonds is 14. The smallest absolute Gasteiger partial charge is 0.328 e. The normalized spacial score (nSPS) is 13.2. The summed E-state index contributed by atoms with van der Waals surface area (Å²) in [7, 11) is 5.71. The molecule has 0 aromatic rings. The van der Waals surface area contributed by atoms with Gasteiger partial charge in [0.15, 0.2) is 6.10 Å². The van der Waals surface area contributed by atoms with Gasteiger partial charge in [0, 0.05) is 24.9 Å². The number of carboxylic acids is 2. The van der Waals surface area contributed by atoms with E-state index in [0.29, 0.717) is 17.4 Å². The third kappa shape index (κ3) is 16.7. The number of ether oxygens (including phenoxy) is 1. The van der Waals surface area contributed by atoms with Crippen molar-refractivity contribution in [3.05, 3.63) is 24.3 Å². The maximum Gasteiger partial charge on any atom is 0.328 e. The Labute approximate surface area is 155 Å². The minimum atomic E-state index is -1.22. The summed E-state index contributed by atoms with van der Waals surface area (Å²) >= 11 is 0. The van der Waals surface area contributed by atoms with Crippen LogP contribution in [-0.4, -0.2) is 61.3 Å². The fraction of sp³-hybridized carbons (Fsp3) is 0.632. The summed E-state index contributed by atoms with van der Waals surface area (Å²) in [5, 5.41) is 19.2. The van der Waals surface area contributed by atoms with Crippen LogP contribution in [0.5, 0.6) is 0 Å². The molecule has 0 saturated carbocycles. The van der Waals surface area contributed by atoms with Crippen LogP contribution in [0.4, 0.5) is 0 Å². The fourth-order valence-electron chi connectivity index (χ4n) is 2.38. The Balaban J connectivity index is 3.92. The molecule has 26 heavy (non-hydrogen) atoms. The molecule has 1 atom stereocenters. The molecule has 0 radical (unpaired) electrons. The molecule has 0 rings (SSSR count). The lowest BCUT2D eigenvalue weighted by molar-refractivity contribution is -0.873. The third-order valence-corrected chi connectivity index (χ3v) is 3.43. The van der Waals surface area contributed by atoms with Gasteiger partial charge in [0.25, 0.3) is 0 Å². The van der Waals surface area contributed by atoms with E-state index in [-0.39, 0.29) is 18.8 Å². The molecule has 7 heteroatoms. The van der Waals surface area contributed by atoms with Gasteiger partial charge in [-0.05, 0) is 19.3 Å². The second-order valence-corrected chi connectivity index (χ2v) is 7.24. The average molecular weight is 369 g/mol. The first kappa shape index (κ1) is 23.9. The molecular weight excluding hydrogens is 338 g/mol. The summed E-state index contributed by atoms with van der Waals surface area (Å²) in [6, 6.07) is 0. The molecule has 0 aromatic carbocycles. The average Bonchev–Trinajstić information content (AvgIpc) is 2.46. The van der Waals surface area contributed by atoms with E-state index in [1.54, 1.807) is 6.08 Å². The van der Waals surface area contributed by atoms with E-state index in [0.717, 1.165) is 31.8 Å². The second kappa shape index (κ2) is 13.1. The molecule has 0 aliphatic heterocycles. The summed E-state index contributed by atoms with van der Waals surface area (Å²) in [6.07, 6.45) is 9.84. The monoisotopic (exact) mass is 369 g/mol. The van der Waals surface area contributed by atoms with E-state index in [4.69, 9.17) is 9.84 Å². The van der Waals surface area contributed by atoms with Crippen molar-refractivity contribution in [3.63, 3.8) is 0 Å². The van der Waals surface area contributed by atoms with Gasteiger partial charge in [-0.3, -0.25) is 4.79 Å². The van der Waals surface area contributed by atoms with E-state index < -0.39 is 18.0 Å². The molecule has 7 nitrogen and oxygen atoms in total. The van der Waals surface area contributed by atoms with Crippen LogP contribution in [0.3, 0.4) is 0 Å². The highest BCUT2D eigenvalue weighted by atomic mass is 16.5. The van der Waals surface area contributed by atoms with Crippen LogP contribution in [-0.2, 0) is 19.1 Å². The standard InChI is InChI=1S/C19H31NO6/c1-20(2,3)15-16(14-18(23)24)26-19(25)13-11-9-7-5-4-6-8-10-12-17(21)22/h6,8,10,12,16H,4-5,7,9,11,13-15H2,1-3H3,(H-,21,22,23,24)/b8-6+,12-10+. The Bertz CT molecular complexity index is 505. The molecule has 1 unspecified atom stereocenters. The Kier molecular flexibility index (Phi) is 12.0. The fourth-order valence-corrected chi connectivity index (χ4v) is 2.38. The van der Waals surface area contributed by atoms with Crippen molar-refractivity contribution >= 4 is 17.9 Å². The summed E-state index contributed by atoms with van der Waals surface area (Å²) in [4.78, 5) is 32.9. The lowest BCUT2D eigenvalue weighted by atomic mass is 10.1. The molecule has 0 saturated heterocycles. The molecule has 0 fully saturated rings. The van der Waals surface area contributed by atoms with Crippen molar-refractivity contribution in [1.82, 2.24) is 0 Å². The van der Waals surface area contributed by atoms with Gasteiger partial charge in [-0.15, -0.1) is 0 Å². The highest BCUT2D eigenvalue weighted by molar-refractivity contribution is 5.80. The van der Waals surface area contributed by atoms with Gasteiger partial charge in [0.1, 0.15) is 6.54 Å². The minimum absolute atomic E-state index is 0.276. The van der Waals surface area contributed by atoms with Gasteiger partial charge in [-0.1, -0.05) is 31.1 Å². The maximum atomic E-state index is 11.9. The van der Waals surface area contributed by atoms with Crippen LogP contribution < -0.4 is 5.11 Å². The minimum Gasteiger partial charge on any atom is -0.550 e. The first-order valence-electron chi connectivity index (χ1n) is 8.86. The highest BCUT2D eigenvalue weighted by Crippen LogP contribution is 2.10. The molecule has 0 heterocycles. The predicted octanol–water partition coefficient (Wildman–Crippen LogP) is 1.28. The number of nitrogens with zero attached hydrogens (tertiary/aromatic N) is 1. The SMILES string of the molecule is C[N+](C)(C)CC(CC(=O)[O-])OC(=O)CCCCCC/C=C/C=C/C(=O)O. The van der Waals surface area contributed by atoms with Crippen LogP contribution in [0.1, 0.15) is 44.9 Å². The Morgan fingerprint density at radius 1 is 1.08 bits per heavy atom. The number of hydrogen-bond donors (Lipinski definition) is 1. The lowest BCUT2D eigenvalue weighted by Gasteiger charge is -2.29. The molecule has 148 valence electrons. The Morgan fingerprint density at radius 2 is 1.73 bits per heavy atom. The number of esters is 1. The molecule has 0 aliphatic carbocycles. The van der Waals surface area contributed by atoms with Crippen molar-refractivity contribution in [2.75, 3.05) is 27.7 Å². The molecule has 0 spiro atoms. The first-order valence-corrected chi connectivity index (χ1v) is 8.86. The van der Waals surface area contributed by atoms with Gasteiger partial charge in [-0.2, -0.15) is 0 Å². The van der Waals surface area contributed by atoms with E-state index in [2.05, 4.69) is 0 Å². The quantitative estimate of drug-likeness (QED) is 0.163. The van der Waals surface area contributed by atoms with Crippen molar-refractivity contribution < 1.29 is 33.8 Å². The van der Waals surface area contributed by atoms with Crippen LogP contribution in [0.25, 0.3) is 0 Å². The summed E-state index contributed by atoms with van der Waals surface area (Å²) in [5.41, 5.74) is 0. The zero-order valence-electron chi connectivity index (χ0n) is 16.0. The zero-order valence-corrected chi connectivity index (χ0v) is 16.0. The van der Waals surface area contributed by atoms with Crippen LogP contribution in [0, 0.1) is 0 Å². The predicted molar refractivity (Wildman–Crippen MR) is 96.0 cm³/mol. The van der Waals surface area contributed by atoms with Crippen molar-refractivity contribution in [2.24, 2.45) is 0 Å². The molecular formula is C19H31NO6. The number of carbonyl (C=O) groups is 3. The number of unbranched alkanes of at least 4 members (excludes halogenated alkanes) is 4. The topological polar surface area (TPSA) is 104 Å². The zero-order chi connectivity index (χ0) is 20.0. The Morgan fingerprint density at radius 3 is 2.31 bits per heavy atom. The van der Waals surface area contributed by atoms with Crippen molar-refractivity contribution in [3.8, 4) is 0 Å². The van der Waals surface area contributed by atoms with Gasteiger partial charge < -0.3 is 24.2 Å². The number of carbonyl (C=O) groups excluding carboxylic acids is 2. The maximum absolute atomic E-state index is 11.9. The van der Waals surface area contributed by atoms with Gasteiger partial charge in [0.05, 0.1) is 21.1 Å². The Hall–Kier alpha value is -2.15. The van der Waals surface area contributed by atoms with E-state index in [9.17, 15) is 19.5 Å². The number of quaternary nitrogens is 1. The largest absolute Gasteiger partial charge is 0.550 e. The second-order valence-electron chi connectivity index (χ2n) is 7.24. The third-order valence-electron chi connectivity index (χ3n) is 3.43. The summed E-state index contributed by atoms with van der Waals surface area (Å²) in [6.45, 7) is 0.419. The van der Waals surface area contributed by atoms with Gasteiger partial charge >= 0.3 is 11.9 Å². The number of hydrogen-bond acceptors (Lipinski definition) is 5. The summed E-state index contributed by atoms with van der Waals surface area (Å²) < 4.78 is 5.79. The lowest BCUT2D eigenvalue weighted by Crippen LogP contribution is -2.45. The van der Waals surface area contributed by atoms with Crippen LogP contribution in [0.15, 0.2) is 24.3 Å². The highest BCUT2D eigenvalue weighted by Gasteiger charge is 2.22. The molecule has 0 aromatic heterocycles. The van der Waals surface area contributed by atoms with Crippen LogP contribution in [0.2, 0.25) is 0 Å². The number of aliphatic carboxylic acids is 2. The molecule has 1 N–H and O–H groups in total. The first-order chi connectivity index (χ1) is 12.1. The number of allylic oxidation sites excluding steroid dienone is 3. The van der Waals surface area contributed by atoms with E-state index in [1.165, 1.54) is 6.08 Å². The van der Waals surface area contributed by atoms with Crippen molar-refractivity contribution in [1.29, 1.82) is 0 Å².